The lowest BCUT2D eigenvalue weighted by molar-refractivity contribution is 0.238. The topological polar surface area (TPSA) is 75.3 Å². The number of amides is 2. The number of nitrogens with one attached hydrogen (secondary N) is 2. The van der Waals surface area contributed by atoms with Crippen LogP contribution in [-0.4, -0.2) is 50.5 Å². The van der Waals surface area contributed by atoms with Gasteiger partial charge in [0.15, 0.2) is 0 Å². The third-order valence-corrected chi connectivity index (χ3v) is 5.88. The molecule has 0 aliphatic carbocycles. The van der Waals surface area contributed by atoms with Gasteiger partial charge in [-0.05, 0) is 36.7 Å². The van der Waals surface area contributed by atoms with Crippen LogP contribution in [-0.2, 0) is 9.84 Å². The summed E-state index contributed by atoms with van der Waals surface area (Å²) in [7, 11) is -2.81. The molecule has 0 aromatic rings. The number of thioether (sulfide) groups is 1. The Balaban J connectivity index is 2.04. The predicted octanol–water partition coefficient (Wildman–Crippen LogP) is 1.25. The molecular formula is C12H24N2O3S2. The van der Waals surface area contributed by atoms with Gasteiger partial charge < -0.3 is 10.6 Å². The molecule has 19 heavy (non-hydrogen) atoms. The highest BCUT2D eigenvalue weighted by Crippen LogP contribution is 2.17. The van der Waals surface area contributed by atoms with E-state index in [-0.39, 0.29) is 17.5 Å². The van der Waals surface area contributed by atoms with E-state index in [1.54, 1.807) is 0 Å². The summed E-state index contributed by atoms with van der Waals surface area (Å²) in [5.41, 5.74) is 0. The summed E-state index contributed by atoms with van der Waals surface area (Å²) < 4.78 is 22.5. The van der Waals surface area contributed by atoms with Gasteiger partial charge in [0.25, 0.3) is 0 Å². The van der Waals surface area contributed by atoms with E-state index in [0.717, 1.165) is 17.9 Å². The van der Waals surface area contributed by atoms with Gasteiger partial charge in [0.1, 0.15) is 9.84 Å². The fraction of sp³-hybridized carbons (Fsp3) is 0.917. The Morgan fingerprint density at radius 2 is 1.95 bits per heavy atom. The lowest BCUT2D eigenvalue weighted by Crippen LogP contribution is -2.40. The van der Waals surface area contributed by atoms with Crippen LogP contribution in [0.25, 0.3) is 0 Å². The van der Waals surface area contributed by atoms with Crippen molar-refractivity contribution in [3.8, 4) is 0 Å². The van der Waals surface area contributed by atoms with Gasteiger partial charge in [-0.3, -0.25) is 0 Å². The van der Waals surface area contributed by atoms with Gasteiger partial charge in [0.05, 0.1) is 11.5 Å². The summed E-state index contributed by atoms with van der Waals surface area (Å²) in [5.74, 6) is 2.99. The monoisotopic (exact) mass is 308 g/mol. The maximum Gasteiger partial charge on any atom is 0.314 e. The van der Waals surface area contributed by atoms with Gasteiger partial charge in [0.2, 0.25) is 0 Å². The minimum atomic E-state index is -2.81. The number of hydrogen-bond acceptors (Lipinski definition) is 4. The van der Waals surface area contributed by atoms with Gasteiger partial charge in [0, 0.05) is 13.1 Å². The molecule has 0 unspecified atom stereocenters. The summed E-state index contributed by atoms with van der Waals surface area (Å²) >= 11 is 1.87. The fourth-order valence-corrected chi connectivity index (χ4v) is 4.19. The Labute approximate surface area is 120 Å². The molecule has 1 aliphatic heterocycles. The van der Waals surface area contributed by atoms with E-state index < -0.39 is 9.84 Å². The van der Waals surface area contributed by atoms with Gasteiger partial charge in [-0.15, -0.1) is 0 Å². The van der Waals surface area contributed by atoms with E-state index in [1.807, 2.05) is 11.8 Å². The Morgan fingerprint density at radius 3 is 2.58 bits per heavy atom. The second kappa shape index (κ2) is 8.68. The molecular weight excluding hydrogens is 284 g/mol. The minimum Gasteiger partial charge on any atom is -0.338 e. The zero-order valence-corrected chi connectivity index (χ0v) is 13.1. The number of carbonyl (C=O) groups is 1. The Morgan fingerprint density at radius 1 is 1.26 bits per heavy atom. The first-order valence-electron chi connectivity index (χ1n) is 6.83. The van der Waals surface area contributed by atoms with Crippen molar-refractivity contribution in [2.75, 3.05) is 36.1 Å². The third-order valence-electron chi connectivity index (χ3n) is 3.18. The first-order chi connectivity index (χ1) is 9.03. The van der Waals surface area contributed by atoms with Crippen LogP contribution in [0.4, 0.5) is 4.79 Å². The fourth-order valence-electron chi connectivity index (χ4n) is 1.96. The lowest BCUT2D eigenvalue weighted by atomic mass is 10.0. The molecule has 0 aromatic carbocycles. The molecule has 1 heterocycles. The van der Waals surface area contributed by atoms with Gasteiger partial charge >= 0.3 is 6.03 Å². The number of hydrogen-bond donors (Lipinski definition) is 2. The maximum atomic E-state index is 11.5. The maximum absolute atomic E-state index is 11.5. The highest BCUT2D eigenvalue weighted by atomic mass is 32.2. The molecule has 2 amide bonds. The van der Waals surface area contributed by atoms with Crippen LogP contribution in [0.5, 0.6) is 0 Å². The average Bonchev–Trinajstić information content (AvgIpc) is 2.37. The zero-order valence-electron chi connectivity index (χ0n) is 11.5. The van der Waals surface area contributed by atoms with Crippen LogP contribution in [0, 0.1) is 5.92 Å². The van der Waals surface area contributed by atoms with Crippen LogP contribution >= 0.6 is 11.8 Å². The van der Waals surface area contributed by atoms with Crippen molar-refractivity contribution in [2.45, 2.75) is 26.2 Å². The van der Waals surface area contributed by atoms with Crippen molar-refractivity contribution >= 4 is 27.6 Å². The van der Waals surface area contributed by atoms with Crippen LogP contribution in [0.3, 0.4) is 0 Å². The van der Waals surface area contributed by atoms with Crippen molar-refractivity contribution in [1.82, 2.24) is 10.6 Å². The third kappa shape index (κ3) is 7.67. The molecule has 1 rings (SSSR count). The summed E-state index contributed by atoms with van der Waals surface area (Å²) in [6.07, 6.45) is 2.30. The number of sulfone groups is 1. The van der Waals surface area contributed by atoms with Crippen molar-refractivity contribution in [1.29, 1.82) is 0 Å². The average molecular weight is 308 g/mol. The number of rotatable bonds is 7. The smallest absolute Gasteiger partial charge is 0.314 e. The molecule has 1 saturated heterocycles. The molecule has 0 bridgehead atoms. The normalized spacial score (nSPS) is 19.0. The first kappa shape index (κ1) is 16.6. The molecule has 2 N–H and O–H groups in total. The first-order valence-corrected chi connectivity index (χ1v) is 9.81. The molecule has 0 radical (unpaired) electrons. The SMILES string of the molecule is CCSCCCNC(=O)NCC1CCS(=O)(=O)CC1. The summed E-state index contributed by atoms with van der Waals surface area (Å²) in [6.45, 7) is 3.39. The van der Waals surface area contributed by atoms with Crippen molar-refractivity contribution in [2.24, 2.45) is 5.92 Å². The molecule has 1 fully saturated rings. The van der Waals surface area contributed by atoms with E-state index in [2.05, 4.69) is 17.6 Å². The molecule has 0 aromatic heterocycles. The Hall–Kier alpha value is -0.430. The molecule has 7 heteroatoms. The zero-order chi connectivity index (χ0) is 14.1. The molecule has 0 atom stereocenters. The van der Waals surface area contributed by atoms with Crippen molar-refractivity contribution in [3.05, 3.63) is 0 Å². The number of urea groups is 1. The molecule has 0 spiro atoms. The van der Waals surface area contributed by atoms with E-state index in [1.165, 1.54) is 0 Å². The highest BCUT2D eigenvalue weighted by molar-refractivity contribution is 7.99. The van der Waals surface area contributed by atoms with Gasteiger partial charge in [-0.2, -0.15) is 11.8 Å². The minimum absolute atomic E-state index is 0.144. The molecule has 5 nitrogen and oxygen atoms in total. The van der Waals surface area contributed by atoms with E-state index in [4.69, 9.17) is 0 Å². The standard InChI is InChI=1S/C12H24N2O3S2/c1-2-18-7-3-6-13-12(15)14-10-11-4-8-19(16,17)9-5-11/h11H,2-10H2,1H3,(H2,13,14,15). The van der Waals surface area contributed by atoms with Crippen LogP contribution in [0.1, 0.15) is 26.2 Å². The lowest BCUT2D eigenvalue weighted by Gasteiger charge is -2.22. The molecule has 112 valence electrons. The van der Waals surface area contributed by atoms with Crippen molar-refractivity contribution in [3.63, 3.8) is 0 Å². The molecule has 0 saturated carbocycles. The van der Waals surface area contributed by atoms with Crippen LogP contribution < -0.4 is 10.6 Å². The van der Waals surface area contributed by atoms with Crippen molar-refractivity contribution < 1.29 is 13.2 Å². The van der Waals surface area contributed by atoms with Gasteiger partial charge in [-0.1, -0.05) is 6.92 Å². The molecule has 1 aliphatic rings. The second-order valence-corrected chi connectivity index (χ2v) is 8.48. The van der Waals surface area contributed by atoms with Crippen LogP contribution in [0.15, 0.2) is 0 Å². The summed E-state index contributed by atoms with van der Waals surface area (Å²) in [6, 6.07) is -0.144. The summed E-state index contributed by atoms with van der Waals surface area (Å²) in [5, 5.41) is 5.63. The second-order valence-electron chi connectivity index (χ2n) is 4.78. The highest BCUT2D eigenvalue weighted by Gasteiger charge is 2.23. The predicted molar refractivity (Wildman–Crippen MR) is 80.4 cm³/mol. The Kier molecular flexibility index (Phi) is 7.60. The number of carbonyl (C=O) groups excluding carboxylic acids is 1. The van der Waals surface area contributed by atoms with Gasteiger partial charge in [-0.25, -0.2) is 13.2 Å². The van der Waals surface area contributed by atoms with Crippen LogP contribution in [0.2, 0.25) is 0 Å². The quantitative estimate of drug-likeness (QED) is 0.694. The van der Waals surface area contributed by atoms with E-state index >= 15 is 0 Å². The van der Waals surface area contributed by atoms with E-state index in [9.17, 15) is 13.2 Å². The Bertz CT molecular complexity index is 357. The van der Waals surface area contributed by atoms with E-state index in [0.29, 0.717) is 31.8 Å². The summed E-state index contributed by atoms with van der Waals surface area (Å²) in [4.78, 5) is 11.5. The largest absolute Gasteiger partial charge is 0.338 e.